The molecule has 0 spiro atoms. The molecule has 2 N–H and O–H groups in total. The van der Waals surface area contributed by atoms with Crippen molar-refractivity contribution in [2.24, 2.45) is 4.74 Å². The highest BCUT2D eigenvalue weighted by Crippen LogP contribution is 2.31. The van der Waals surface area contributed by atoms with Crippen LogP contribution in [0.25, 0.3) is 0 Å². The van der Waals surface area contributed by atoms with E-state index in [9.17, 15) is 14.5 Å². The fourth-order valence-corrected chi connectivity index (χ4v) is 2.82. The molecule has 0 aliphatic heterocycles. The van der Waals surface area contributed by atoms with Gasteiger partial charge in [0, 0.05) is 0 Å². The van der Waals surface area contributed by atoms with Crippen LogP contribution in [0.3, 0.4) is 0 Å². The van der Waals surface area contributed by atoms with E-state index in [0.717, 1.165) is 17.7 Å². The maximum atomic E-state index is 12.1. The second kappa shape index (κ2) is 6.93. The lowest BCUT2D eigenvalue weighted by Crippen LogP contribution is -2.01. The second-order valence-electron chi connectivity index (χ2n) is 4.44. The number of benzene rings is 2. The zero-order chi connectivity index (χ0) is 16.1. The Hall–Kier alpha value is -2.56. The molecule has 0 amide bonds. The van der Waals surface area contributed by atoms with Crippen molar-refractivity contribution in [3.8, 4) is 0 Å². The minimum Gasteiger partial charge on any atom is -0.612 e. The maximum Gasteiger partial charge on any atom is 0.338 e. The highest BCUT2D eigenvalue weighted by atomic mass is 31.1. The van der Waals surface area contributed by atoms with Gasteiger partial charge >= 0.3 is 11.9 Å². The first-order chi connectivity index (χ1) is 10.5. The first-order valence-electron chi connectivity index (χ1n) is 6.28. The molecule has 6 nitrogen and oxygen atoms in total. The number of rotatable bonds is 5. The quantitative estimate of drug-likeness (QED) is 0.824. The van der Waals surface area contributed by atoms with Gasteiger partial charge in [-0.15, -0.1) is 0 Å². The molecule has 0 aromatic heterocycles. The summed E-state index contributed by atoms with van der Waals surface area (Å²) in [6.45, 7) is 0. The summed E-state index contributed by atoms with van der Waals surface area (Å²) in [5.74, 6) is -2.45. The molecular formula is C15H12NO5P. The van der Waals surface area contributed by atoms with Crippen molar-refractivity contribution in [1.82, 2.24) is 0 Å². The Balaban J connectivity index is 2.37. The molecule has 0 aliphatic rings. The molecule has 0 fully saturated rings. The van der Waals surface area contributed by atoms with Crippen LogP contribution in [0.4, 0.5) is 5.69 Å². The highest BCUT2D eigenvalue weighted by molar-refractivity contribution is 7.38. The van der Waals surface area contributed by atoms with E-state index in [1.807, 2.05) is 6.07 Å². The van der Waals surface area contributed by atoms with Crippen molar-refractivity contribution in [3.05, 3.63) is 65.2 Å². The first kappa shape index (κ1) is 15.8. The van der Waals surface area contributed by atoms with Gasteiger partial charge in [0.05, 0.1) is 11.1 Å². The summed E-state index contributed by atoms with van der Waals surface area (Å²) in [4.78, 5) is 34.2. The topological polar surface area (TPSA) is 110 Å². The molecule has 1 unspecified atom stereocenters. The Morgan fingerprint density at radius 2 is 1.73 bits per heavy atom. The SMILES string of the molecule is O=C(O)c1ccc(C(=O)O)c(N=[P+]([O-])Cc2ccccc2)c1. The van der Waals surface area contributed by atoms with Crippen molar-refractivity contribution >= 4 is 25.6 Å². The fraction of sp³-hybridized carbons (Fsp3) is 0.0667. The van der Waals surface area contributed by atoms with Crippen LogP contribution < -0.4 is 4.89 Å². The molecule has 2 rings (SSSR count). The third-order valence-corrected chi connectivity index (χ3v) is 3.93. The molecular weight excluding hydrogens is 305 g/mol. The maximum absolute atomic E-state index is 12.1. The normalized spacial score (nSPS) is 11.2. The number of carboxylic acid groups (broad SMARTS) is 2. The minimum atomic E-state index is -2.09. The van der Waals surface area contributed by atoms with Crippen LogP contribution in [0, 0.1) is 0 Å². The van der Waals surface area contributed by atoms with Gasteiger partial charge in [0.15, 0.2) is 7.94 Å². The van der Waals surface area contributed by atoms with Gasteiger partial charge < -0.3 is 15.1 Å². The van der Waals surface area contributed by atoms with Gasteiger partial charge in [-0.1, -0.05) is 35.1 Å². The van der Waals surface area contributed by atoms with Gasteiger partial charge in [0.2, 0.25) is 0 Å². The molecule has 0 aliphatic carbocycles. The second-order valence-corrected chi connectivity index (χ2v) is 5.66. The van der Waals surface area contributed by atoms with Gasteiger partial charge in [-0.2, -0.15) is 0 Å². The molecule has 0 heterocycles. The third-order valence-electron chi connectivity index (χ3n) is 2.86. The van der Waals surface area contributed by atoms with Gasteiger partial charge in [0.1, 0.15) is 11.8 Å². The number of hydrogen-bond acceptors (Lipinski definition) is 4. The monoisotopic (exact) mass is 317 g/mol. The van der Waals surface area contributed by atoms with Gasteiger partial charge in [-0.25, -0.2) is 9.59 Å². The molecule has 0 bridgehead atoms. The van der Waals surface area contributed by atoms with Gasteiger partial charge in [-0.05, 0) is 23.8 Å². The zero-order valence-corrected chi connectivity index (χ0v) is 12.2. The summed E-state index contributed by atoms with van der Waals surface area (Å²) in [5, 5.41) is 18.0. The van der Waals surface area contributed by atoms with E-state index in [1.54, 1.807) is 24.3 Å². The zero-order valence-electron chi connectivity index (χ0n) is 11.3. The average Bonchev–Trinajstić information content (AvgIpc) is 2.47. The van der Waals surface area contributed by atoms with E-state index in [4.69, 9.17) is 10.2 Å². The number of aromatic carboxylic acids is 2. The molecule has 7 heteroatoms. The van der Waals surface area contributed by atoms with E-state index < -0.39 is 19.9 Å². The lowest BCUT2D eigenvalue weighted by atomic mass is 10.1. The predicted octanol–water partition coefficient (Wildman–Crippen LogP) is 2.86. The Bertz CT molecular complexity index is 743. The van der Waals surface area contributed by atoms with Crippen LogP contribution in [-0.4, -0.2) is 22.2 Å². The molecule has 1 atom stereocenters. The van der Waals surface area contributed by atoms with Gasteiger partial charge in [0.25, 0.3) is 0 Å². The standard InChI is InChI=1S/C15H12NO5P/c17-14(18)11-6-7-12(15(19)20)13(8-11)16-22(21)9-10-4-2-1-3-5-10/h1-8H,9H2,(H,17,18)(H,19,20). The van der Waals surface area contributed by atoms with Gasteiger partial charge in [-0.3, -0.25) is 0 Å². The Morgan fingerprint density at radius 3 is 2.32 bits per heavy atom. The van der Waals surface area contributed by atoms with Crippen molar-refractivity contribution in [1.29, 1.82) is 0 Å². The number of carboxylic acids is 2. The van der Waals surface area contributed by atoms with Crippen LogP contribution in [0.5, 0.6) is 0 Å². The molecule has 0 saturated carbocycles. The van der Waals surface area contributed by atoms with E-state index >= 15 is 0 Å². The van der Waals surface area contributed by atoms with E-state index in [0.29, 0.717) is 0 Å². The Labute approximate surface area is 127 Å². The molecule has 0 radical (unpaired) electrons. The van der Waals surface area contributed by atoms with Crippen LogP contribution >= 0.6 is 7.94 Å². The largest absolute Gasteiger partial charge is 0.612 e. The van der Waals surface area contributed by atoms with E-state index in [-0.39, 0.29) is 23.0 Å². The van der Waals surface area contributed by atoms with Crippen molar-refractivity contribution in [2.45, 2.75) is 6.16 Å². The van der Waals surface area contributed by atoms with Crippen LogP contribution in [0.15, 0.2) is 53.3 Å². The number of nitrogens with zero attached hydrogens (tertiary/aromatic N) is 1. The summed E-state index contributed by atoms with van der Waals surface area (Å²) in [5.41, 5.74) is 0.427. The predicted molar refractivity (Wildman–Crippen MR) is 79.5 cm³/mol. The first-order valence-corrected chi connectivity index (χ1v) is 7.68. The summed E-state index contributed by atoms with van der Waals surface area (Å²) < 4.78 is 3.88. The van der Waals surface area contributed by atoms with Crippen LogP contribution in [0.1, 0.15) is 26.3 Å². The van der Waals surface area contributed by atoms with Crippen molar-refractivity contribution in [2.75, 3.05) is 0 Å². The molecule has 112 valence electrons. The summed E-state index contributed by atoms with van der Waals surface area (Å²) in [6.07, 6.45) is 0.159. The summed E-state index contributed by atoms with van der Waals surface area (Å²) in [6, 6.07) is 12.4. The average molecular weight is 317 g/mol. The summed E-state index contributed by atoms with van der Waals surface area (Å²) in [7, 11) is -2.09. The molecule has 0 saturated heterocycles. The van der Waals surface area contributed by atoms with Crippen molar-refractivity contribution in [3.63, 3.8) is 0 Å². The van der Waals surface area contributed by atoms with Crippen LogP contribution in [-0.2, 0) is 6.16 Å². The Kier molecular flexibility index (Phi) is 4.99. The van der Waals surface area contributed by atoms with E-state index in [1.165, 1.54) is 6.07 Å². The van der Waals surface area contributed by atoms with Crippen molar-refractivity contribution < 1.29 is 24.7 Å². The smallest absolute Gasteiger partial charge is 0.338 e. The number of hydrogen-bond donors (Lipinski definition) is 2. The lowest BCUT2D eigenvalue weighted by Gasteiger charge is -2.02. The molecule has 2 aromatic rings. The number of carbonyl (C=O) groups is 2. The minimum absolute atomic E-state index is 0.0931. The highest BCUT2D eigenvalue weighted by Gasteiger charge is 2.15. The Morgan fingerprint density at radius 1 is 1.05 bits per heavy atom. The van der Waals surface area contributed by atoms with E-state index in [2.05, 4.69) is 4.74 Å². The van der Waals surface area contributed by atoms with Crippen LogP contribution in [0.2, 0.25) is 0 Å². The third kappa shape index (κ3) is 3.97. The lowest BCUT2D eigenvalue weighted by molar-refractivity contribution is -0.155. The molecule has 22 heavy (non-hydrogen) atoms. The summed E-state index contributed by atoms with van der Waals surface area (Å²) >= 11 is 0. The fourth-order valence-electron chi connectivity index (χ4n) is 1.82. The molecule has 2 aromatic carbocycles.